The van der Waals surface area contributed by atoms with Gasteiger partial charge in [-0.15, -0.1) is 0 Å². The monoisotopic (exact) mass is 296 g/mol. The van der Waals surface area contributed by atoms with Crippen LogP contribution in [0.5, 0.6) is 0 Å². The molecule has 0 unspecified atom stereocenters. The molecule has 4 aromatic rings. The minimum atomic E-state index is 0.780. The van der Waals surface area contributed by atoms with Crippen LogP contribution in [0.3, 0.4) is 0 Å². The van der Waals surface area contributed by atoms with E-state index in [1.54, 1.807) is 0 Å². The number of nitrogens with two attached hydrogens (primary N) is 1. The van der Waals surface area contributed by atoms with Crippen LogP contribution in [0.1, 0.15) is 11.1 Å². The molecule has 3 aromatic carbocycles. The van der Waals surface area contributed by atoms with Crippen molar-refractivity contribution in [2.75, 3.05) is 5.73 Å². The first-order chi connectivity index (χ1) is 11.3. The zero-order chi connectivity index (χ0) is 15.6. The molecule has 0 aliphatic rings. The second-order valence-corrected chi connectivity index (χ2v) is 5.56. The van der Waals surface area contributed by atoms with Crippen molar-refractivity contribution in [3.8, 4) is 0 Å². The van der Waals surface area contributed by atoms with Crippen LogP contribution in [0.15, 0.2) is 72.8 Å². The second-order valence-electron chi connectivity index (χ2n) is 5.56. The Labute approximate surface area is 134 Å². The number of rotatable bonds is 2. The molecule has 0 aliphatic carbocycles. The number of aromatic nitrogens is 1. The molecule has 110 valence electrons. The van der Waals surface area contributed by atoms with E-state index in [4.69, 9.17) is 10.7 Å². The highest BCUT2D eigenvalue weighted by atomic mass is 14.7. The molecule has 23 heavy (non-hydrogen) atoms. The molecule has 0 spiro atoms. The van der Waals surface area contributed by atoms with Gasteiger partial charge in [0.15, 0.2) is 0 Å². The summed E-state index contributed by atoms with van der Waals surface area (Å²) in [6, 6.07) is 24.4. The summed E-state index contributed by atoms with van der Waals surface area (Å²) in [5.74, 6) is 0. The smallest absolute Gasteiger partial charge is 0.0715 e. The van der Waals surface area contributed by atoms with Crippen molar-refractivity contribution >= 4 is 39.6 Å². The van der Waals surface area contributed by atoms with Crippen LogP contribution in [0.4, 0.5) is 5.69 Å². The average molecular weight is 296 g/mol. The number of para-hydroxylation sites is 2. The molecule has 1 aromatic heterocycles. The van der Waals surface area contributed by atoms with E-state index in [1.165, 1.54) is 5.56 Å². The van der Waals surface area contributed by atoms with Crippen molar-refractivity contribution in [1.82, 2.24) is 4.98 Å². The molecule has 2 heteroatoms. The fourth-order valence-corrected chi connectivity index (χ4v) is 2.84. The molecular weight excluding hydrogens is 280 g/mol. The van der Waals surface area contributed by atoms with Gasteiger partial charge in [0.05, 0.1) is 11.0 Å². The molecule has 0 saturated heterocycles. The van der Waals surface area contributed by atoms with Crippen LogP contribution >= 0.6 is 0 Å². The van der Waals surface area contributed by atoms with E-state index < -0.39 is 0 Å². The molecule has 0 bridgehead atoms. The number of anilines is 1. The standard InChI is InChI=1S/C21H16N2/c22-16-12-9-15(10-13-16)11-14-17-18-5-1-3-7-20(18)23-21-8-4-2-6-19(17)21/h1-14H,22H2/b14-11-. The van der Waals surface area contributed by atoms with Crippen LogP contribution in [0, 0.1) is 0 Å². The SMILES string of the molecule is Nc1ccc(/C=C\c2c3ccccc3nc3ccccc23)cc1. The summed E-state index contributed by atoms with van der Waals surface area (Å²) in [6.45, 7) is 0. The van der Waals surface area contributed by atoms with Crippen LogP contribution in [0.2, 0.25) is 0 Å². The first-order valence-electron chi connectivity index (χ1n) is 7.62. The van der Waals surface area contributed by atoms with Gasteiger partial charge in [0, 0.05) is 16.5 Å². The normalized spacial score (nSPS) is 11.5. The van der Waals surface area contributed by atoms with E-state index in [1.807, 2.05) is 36.4 Å². The van der Waals surface area contributed by atoms with Crippen molar-refractivity contribution < 1.29 is 0 Å². The van der Waals surface area contributed by atoms with Crippen molar-refractivity contribution in [1.29, 1.82) is 0 Å². The molecule has 1 heterocycles. The topological polar surface area (TPSA) is 38.9 Å². The van der Waals surface area contributed by atoms with E-state index in [2.05, 4.69) is 48.6 Å². The number of fused-ring (bicyclic) bond motifs is 2. The van der Waals surface area contributed by atoms with Gasteiger partial charge in [-0.1, -0.05) is 60.7 Å². The summed E-state index contributed by atoms with van der Waals surface area (Å²) in [5.41, 5.74) is 10.9. The Bertz CT molecular complexity index is 961. The van der Waals surface area contributed by atoms with Gasteiger partial charge in [-0.2, -0.15) is 0 Å². The van der Waals surface area contributed by atoms with Gasteiger partial charge in [0.25, 0.3) is 0 Å². The largest absolute Gasteiger partial charge is 0.399 e. The summed E-state index contributed by atoms with van der Waals surface area (Å²) in [7, 11) is 0. The molecule has 0 amide bonds. The summed E-state index contributed by atoms with van der Waals surface area (Å²) in [6.07, 6.45) is 4.28. The quantitative estimate of drug-likeness (QED) is 0.411. The molecule has 4 rings (SSSR count). The Kier molecular flexibility index (Phi) is 3.28. The van der Waals surface area contributed by atoms with Crippen molar-refractivity contribution in [2.45, 2.75) is 0 Å². The van der Waals surface area contributed by atoms with Gasteiger partial charge >= 0.3 is 0 Å². The third kappa shape index (κ3) is 2.55. The van der Waals surface area contributed by atoms with Gasteiger partial charge in [0.1, 0.15) is 0 Å². The molecule has 2 N–H and O–H groups in total. The fraction of sp³-hybridized carbons (Fsp3) is 0. The van der Waals surface area contributed by atoms with Gasteiger partial charge in [-0.3, -0.25) is 0 Å². The third-order valence-electron chi connectivity index (χ3n) is 4.01. The maximum atomic E-state index is 5.75. The maximum Gasteiger partial charge on any atom is 0.0715 e. The van der Waals surface area contributed by atoms with Crippen LogP contribution in [-0.2, 0) is 0 Å². The summed E-state index contributed by atoms with van der Waals surface area (Å²) in [4.78, 5) is 4.75. The Morgan fingerprint density at radius 3 is 1.83 bits per heavy atom. The van der Waals surface area contributed by atoms with Crippen molar-refractivity contribution in [2.24, 2.45) is 0 Å². The van der Waals surface area contributed by atoms with Gasteiger partial charge in [0.2, 0.25) is 0 Å². The first kappa shape index (κ1) is 13.5. The number of nitrogens with zero attached hydrogens (tertiary/aromatic N) is 1. The highest BCUT2D eigenvalue weighted by Crippen LogP contribution is 2.27. The Morgan fingerprint density at radius 1 is 0.652 bits per heavy atom. The predicted molar refractivity (Wildman–Crippen MR) is 99.0 cm³/mol. The molecule has 0 aliphatic heterocycles. The van der Waals surface area contributed by atoms with Crippen molar-refractivity contribution in [3.05, 3.63) is 83.9 Å². The lowest BCUT2D eigenvalue weighted by atomic mass is 10.0. The minimum absolute atomic E-state index is 0.780. The lowest BCUT2D eigenvalue weighted by molar-refractivity contribution is 1.49. The lowest BCUT2D eigenvalue weighted by Crippen LogP contribution is -1.87. The summed E-state index contributed by atoms with van der Waals surface area (Å²) < 4.78 is 0. The number of benzene rings is 3. The molecule has 0 saturated carbocycles. The number of pyridine rings is 1. The lowest BCUT2D eigenvalue weighted by Gasteiger charge is -2.07. The number of hydrogen-bond donors (Lipinski definition) is 1. The molecule has 0 radical (unpaired) electrons. The number of hydrogen-bond acceptors (Lipinski definition) is 2. The van der Waals surface area contributed by atoms with Crippen LogP contribution in [0.25, 0.3) is 34.0 Å². The Balaban J connectivity index is 1.93. The first-order valence-corrected chi connectivity index (χ1v) is 7.62. The van der Waals surface area contributed by atoms with Crippen LogP contribution in [-0.4, -0.2) is 4.98 Å². The molecular formula is C21H16N2. The highest BCUT2D eigenvalue weighted by Gasteiger charge is 2.05. The zero-order valence-electron chi connectivity index (χ0n) is 12.6. The molecule has 0 atom stereocenters. The van der Waals surface area contributed by atoms with Gasteiger partial charge in [-0.25, -0.2) is 4.98 Å². The average Bonchev–Trinajstić information content (AvgIpc) is 2.60. The third-order valence-corrected chi connectivity index (χ3v) is 4.01. The van der Waals surface area contributed by atoms with Crippen molar-refractivity contribution in [3.63, 3.8) is 0 Å². The summed E-state index contributed by atoms with van der Waals surface area (Å²) in [5, 5.41) is 2.33. The second kappa shape index (κ2) is 5.58. The minimum Gasteiger partial charge on any atom is -0.399 e. The summed E-state index contributed by atoms with van der Waals surface area (Å²) >= 11 is 0. The fourth-order valence-electron chi connectivity index (χ4n) is 2.84. The van der Waals surface area contributed by atoms with E-state index in [0.717, 1.165) is 33.1 Å². The Morgan fingerprint density at radius 2 is 1.22 bits per heavy atom. The van der Waals surface area contributed by atoms with E-state index in [9.17, 15) is 0 Å². The molecule has 0 fully saturated rings. The van der Waals surface area contributed by atoms with Crippen LogP contribution < -0.4 is 5.73 Å². The number of nitrogen functional groups attached to an aromatic ring is 1. The van der Waals surface area contributed by atoms with E-state index in [-0.39, 0.29) is 0 Å². The molecule has 2 nitrogen and oxygen atoms in total. The van der Waals surface area contributed by atoms with Gasteiger partial charge in [-0.05, 0) is 35.4 Å². The Hall–Kier alpha value is -3.13. The van der Waals surface area contributed by atoms with Gasteiger partial charge < -0.3 is 5.73 Å². The van der Waals surface area contributed by atoms with E-state index >= 15 is 0 Å². The zero-order valence-corrected chi connectivity index (χ0v) is 12.6. The van der Waals surface area contributed by atoms with E-state index in [0.29, 0.717) is 0 Å². The predicted octanol–water partition coefficient (Wildman–Crippen LogP) is 5.14. The maximum absolute atomic E-state index is 5.75. The highest BCUT2D eigenvalue weighted by molar-refractivity contribution is 6.04.